The van der Waals surface area contributed by atoms with Crippen molar-refractivity contribution in [2.24, 2.45) is 0 Å². The van der Waals surface area contributed by atoms with Crippen LogP contribution in [0.2, 0.25) is 0 Å². The maximum Gasteiger partial charge on any atom is 0.165 e. The fourth-order valence-corrected chi connectivity index (χ4v) is 5.72. The summed E-state index contributed by atoms with van der Waals surface area (Å²) in [6.07, 6.45) is 0.819. The second-order valence-corrected chi connectivity index (χ2v) is 10.6. The van der Waals surface area contributed by atoms with Gasteiger partial charge >= 0.3 is 0 Å². The van der Waals surface area contributed by atoms with E-state index in [1.54, 1.807) is 7.11 Å². The highest BCUT2D eigenvalue weighted by molar-refractivity contribution is 5.81. The largest absolute Gasteiger partial charge is 0.497 e. The summed E-state index contributed by atoms with van der Waals surface area (Å²) < 4.78 is 13.4. The number of methoxy groups -OCH3 is 1. The number of benzene rings is 3. The number of rotatable bonds is 9. The van der Waals surface area contributed by atoms with Gasteiger partial charge in [0.15, 0.2) is 5.65 Å². The number of anilines is 1. The van der Waals surface area contributed by atoms with Crippen LogP contribution in [0.3, 0.4) is 0 Å². The van der Waals surface area contributed by atoms with Crippen molar-refractivity contribution < 1.29 is 9.47 Å². The van der Waals surface area contributed by atoms with Crippen LogP contribution in [0.1, 0.15) is 22.5 Å². The van der Waals surface area contributed by atoms with Gasteiger partial charge in [-0.15, -0.1) is 0 Å². The van der Waals surface area contributed by atoms with Gasteiger partial charge in [0.1, 0.15) is 23.9 Å². The summed E-state index contributed by atoms with van der Waals surface area (Å²) >= 11 is 0. The molecule has 6 rings (SSSR count). The van der Waals surface area contributed by atoms with Crippen LogP contribution in [0.5, 0.6) is 11.5 Å². The van der Waals surface area contributed by atoms with E-state index in [0.717, 1.165) is 84.6 Å². The average Bonchev–Trinajstić information content (AvgIpc) is 3.34. The lowest BCUT2D eigenvalue weighted by Crippen LogP contribution is -2.48. The molecule has 2 aromatic heterocycles. The molecule has 0 amide bonds. The summed E-state index contributed by atoms with van der Waals surface area (Å²) in [5.74, 6) is 2.81. The van der Waals surface area contributed by atoms with Crippen LogP contribution >= 0.6 is 0 Å². The Morgan fingerprint density at radius 3 is 2.22 bits per heavy atom. The number of hydrogen-bond acceptors (Lipinski definition) is 6. The number of ether oxygens (including phenoxy) is 2. The van der Waals surface area contributed by atoms with Crippen molar-refractivity contribution in [3.8, 4) is 22.6 Å². The molecule has 0 atom stereocenters. The summed E-state index contributed by atoms with van der Waals surface area (Å²) in [5, 5.41) is 5.09. The van der Waals surface area contributed by atoms with Crippen molar-refractivity contribution in [2.75, 3.05) is 51.3 Å². The minimum atomic E-state index is 0.643. The molecule has 1 fully saturated rings. The van der Waals surface area contributed by atoms with Crippen molar-refractivity contribution in [1.82, 2.24) is 19.5 Å². The van der Waals surface area contributed by atoms with Gasteiger partial charge in [0.25, 0.3) is 0 Å². The van der Waals surface area contributed by atoms with Crippen molar-refractivity contribution in [2.45, 2.75) is 20.3 Å². The number of nitrogens with zero attached hydrogens (tertiary/aromatic N) is 5. The van der Waals surface area contributed by atoms with Crippen LogP contribution in [0.4, 0.5) is 5.82 Å². The minimum Gasteiger partial charge on any atom is -0.497 e. The van der Waals surface area contributed by atoms with Gasteiger partial charge in [0, 0.05) is 62.0 Å². The monoisotopic (exact) mass is 547 g/mol. The third-order valence-corrected chi connectivity index (χ3v) is 7.89. The summed E-state index contributed by atoms with van der Waals surface area (Å²) in [5.41, 5.74) is 7.74. The summed E-state index contributed by atoms with van der Waals surface area (Å²) in [4.78, 5) is 10.1. The van der Waals surface area contributed by atoms with E-state index in [-0.39, 0.29) is 0 Å². The van der Waals surface area contributed by atoms with E-state index >= 15 is 0 Å². The number of aryl methyl sites for hydroxylation is 2. The van der Waals surface area contributed by atoms with Gasteiger partial charge in [0.05, 0.1) is 12.8 Å². The highest BCUT2D eigenvalue weighted by Crippen LogP contribution is 2.34. The molecular formula is C34H37N5O2. The normalized spacial score (nSPS) is 14.0. The molecule has 3 aromatic carbocycles. The number of aromatic nitrogens is 3. The Bertz CT molecular complexity index is 1610. The number of piperazine rings is 1. The van der Waals surface area contributed by atoms with Gasteiger partial charge in [-0.05, 0) is 37.1 Å². The summed E-state index contributed by atoms with van der Waals surface area (Å²) in [6, 6.07) is 28.9. The molecule has 3 heterocycles. The average molecular weight is 548 g/mol. The van der Waals surface area contributed by atoms with Crippen molar-refractivity contribution in [1.29, 1.82) is 0 Å². The lowest BCUT2D eigenvalue weighted by atomic mass is 10.0. The van der Waals surface area contributed by atoms with Crippen LogP contribution in [0.25, 0.3) is 16.8 Å². The maximum atomic E-state index is 6.02. The molecule has 7 heteroatoms. The third kappa shape index (κ3) is 5.77. The van der Waals surface area contributed by atoms with Gasteiger partial charge in [-0.1, -0.05) is 66.7 Å². The summed E-state index contributed by atoms with van der Waals surface area (Å²) in [7, 11) is 1.68. The molecule has 210 valence electrons. The van der Waals surface area contributed by atoms with E-state index in [1.807, 2.05) is 30.3 Å². The second-order valence-electron chi connectivity index (χ2n) is 10.6. The Labute approximate surface area is 242 Å². The van der Waals surface area contributed by atoms with E-state index in [1.165, 1.54) is 11.1 Å². The smallest absolute Gasteiger partial charge is 0.165 e. The zero-order valence-electron chi connectivity index (χ0n) is 24.1. The molecule has 0 aliphatic carbocycles. The molecule has 0 radical (unpaired) electrons. The third-order valence-electron chi connectivity index (χ3n) is 7.89. The van der Waals surface area contributed by atoms with E-state index in [9.17, 15) is 0 Å². The summed E-state index contributed by atoms with van der Waals surface area (Å²) in [6.45, 7) is 9.51. The van der Waals surface area contributed by atoms with E-state index in [4.69, 9.17) is 19.6 Å². The van der Waals surface area contributed by atoms with Crippen LogP contribution in [-0.2, 0) is 6.42 Å². The number of hydrogen-bond donors (Lipinski definition) is 0. The first-order chi connectivity index (χ1) is 20.1. The highest BCUT2D eigenvalue weighted by atomic mass is 16.5. The van der Waals surface area contributed by atoms with Gasteiger partial charge in [-0.2, -0.15) is 9.61 Å². The van der Waals surface area contributed by atoms with Gasteiger partial charge < -0.3 is 14.4 Å². The minimum absolute atomic E-state index is 0.643. The zero-order valence-corrected chi connectivity index (χ0v) is 24.1. The van der Waals surface area contributed by atoms with Crippen molar-refractivity contribution in [3.63, 3.8) is 0 Å². The Balaban J connectivity index is 1.26. The Hall–Kier alpha value is -4.36. The lowest BCUT2D eigenvalue weighted by molar-refractivity contribution is 0.200. The molecule has 41 heavy (non-hydrogen) atoms. The molecular weight excluding hydrogens is 510 g/mol. The molecule has 7 nitrogen and oxygen atoms in total. The zero-order chi connectivity index (χ0) is 28.2. The van der Waals surface area contributed by atoms with E-state index < -0.39 is 0 Å². The quantitative estimate of drug-likeness (QED) is 0.232. The molecule has 1 saturated heterocycles. The Morgan fingerprint density at radius 2 is 1.49 bits per heavy atom. The van der Waals surface area contributed by atoms with Gasteiger partial charge in [0.2, 0.25) is 0 Å². The van der Waals surface area contributed by atoms with E-state index in [0.29, 0.717) is 6.61 Å². The standard InChI is InChI=1S/C34H37N5O2/c1-25-31(23-27-11-6-4-7-12-27)34(39-33(35-25)32(26(2)36-39)28-13-8-5-9-14-28)38-19-17-37(18-20-38)21-22-41-30-16-10-15-29(24-30)40-3/h4-16,24H,17-23H2,1-3H3. The van der Waals surface area contributed by atoms with E-state index in [2.05, 4.69) is 82.8 Å². The first kappa shape index (κ1) is 26.8. The van der Waals surface area contributed by atoms with Crippen LogP contribution < -0.4 is 14.4 Å². The fourth-order valence-electron chi connectivity index (χ4n) is 5.72. The lowest BCUT2D eigenvalue weighted by Gasteiger charge is -2.37. The first-order valence-corrected chi connectivity index (χ1v) is 14.3. The van der Waals surface area contributed by atoms with Crippen molar-refractivity contribution >= 4 is 11.5 Å². The first-order valence-electron chi connectivity index (χ1n) is 14.3. The molecule has 0 N–H and O–H groups in total. The van der Waals surface area contributed by atoms with Gasteiger partial charge in [-0.3, -0.25) is 4.90 Å². The predicted octanol–water partition coefficient (Wildman–Crippen LogP) is 5.81. The molecule has 0 saturated carbocycles. The SMILES string of the molecule is COc1cccc(OCCN2CCN(c3c(Cc4ccccc4)c(C)nc4c(-c5ccccc5)c(C)nn34)CC2)c1. The number of fused-ring (bicyclic) bond motifs is 1. The second kappa shape index (κ2) is 12.0. The molecule has 0 spiro atoms. The Kier molecular flexibility index (Phi) is 7.87. The fraction of sp³-hybridized carbons (Fsp3) is 0.294. The maximum absolute atomic E-state index is 6.02. The van der Waals surface area contributed by atoms with Crippen LogP contribution in [0.15, 0.2) is 84.9 Å². The molecule has 1 aliphatic rings. The highest BCUT2D eigenvalue weighted by Gasteiger charge is 2.26. The molecule has 0 unspecified atom stereocenters. The predicted molar refractivity (Wildman–Crippen MR) is 164 cm³/mol. The molecule has 5 aromatic rings. The topological polar surface area (TPSA) is 55.1 Å². The van der Waals surface area contributed by atoms with Crippen molar-refractivity contribution in [3.05, 3.63) is 107 Å². The van der Waals surface area contributed by atoms with Crippen LogP contribution in [-0.4, -0.2) is 65.9 Å². The Morgan fingerprint density at radius 1 is 0.780 bits per heavy atom. The molecule has 0 bridgehead atoms. The van der Waals surface area contributed by atoms with Gasteiger partial charge in [-0.25, -0.2) is 4.98 Å². The molecule has 1 aliphatic heterocycles. The van der Waals surface area contributed by atoms with Crippen LogP contribution in [0, 0.1) is 13.8 Å².